The van der Waals surface area contributed by atoms with Crippen molar-refractivity contribution < 1.29 is 0 Å². The number of nitrogens with zero attached hydrogens (tertiary/aromatic N) is 4. The second-order valence-corrected chi connectivity index (χ2v) is 6.39. The summed E-state index contributed by atoms with van der Waals surface area (Å²) < 4.78 is 0. The van der Waals surface area contributed by atoms with Crippen LogP contribution < -0.4 is 16.5 Å². The Kier molecular flexibility index (Phi) is 4.82. The first-order chi connectivity index (χ1) is 11.5. The molecule has 0 aliphatic carbocycles. The van der Waals surface area contributed by atoms with Crippen molar-refractivity contribution in [2.45, 2.75) is 13.8 Å². The van der Waals surface area contributed by atoms with Gasteiger partial charge in [0.1, 0.15) is 12.0 Å². The Morgan fingerprint density at radius 3 is 2.25 bits per heavy atom. The Balaban J connectivity index is 1.75. The summed E-state index contributed by atoms with van der Waals surface area (Å²) in [6, 6.07) is 6.28. The molecule has 1 aliphatic heterocycles. The third kappa shape index (κ3) is 3.93. The van der Waals surface area contributed by atoms with Crippen molar-refractivity contribution in [2.24, 2.45) is 0 Å². The Hall–Kier alpha value is -2.38. The number of benzene rings is 1. The molecule has 1 aliphatic rings. The summed E-state index contributed by atoms with van der Waals surface area (Å²) in [5, 5.41) is 5.43. The van der Waals surface area contributed by atoms with Gasteiger partial charge in [0.15, 0.2) is 11.6 Å². The SMILES string of the molecule is Cc1cc(C)cc(Nc2ncnc(NN3CCN(C)CC3)c2N)c1. The summed E-state index contributed by atoms with van der Waals surface area (Å²) in [5.41, 5.74) is 13.5. The van der Waals surface area contributed by atoms with Gasteiger partial charge in [-0.1, -0.05) is 6.07 Å². The van der Waals surface area contributed by atoms with Crippen LogP contribution in [-0.4, -0.2) is 53.1 Å². The van der Waals surface area contributed by atoms with Gasteiger partial charge in [-0.05, 0) is 44.2 Å². The highest BCUT2D eigenvalue weighted by Crippen LogP contribution is 2.27. The van der Waals surface area contributed by atoms with Crippen molar-refractivity contribution in [3.05, 3.63) is 35.7 Å². The number of nitrogens with one attached hydrogen (secondary N) is 2. The minimum atomic E-state index is 0.524. The Morgan fingerprint density at radius 1 is 0.958 bits per heavy atom. The highest BCUT2D eigenvalue weighted by atomic mass is 15.5. The zero-order valence-electron chi connectivity index (χ0n) is 14.5. The van der Waals surface area contributed by atoms with Crippen LogP contribution in [0.4, 0.5) is 23.0 Å². The number of piperazine rings is 1. The van der Waals surface area contributed by atoms with Gasteiger partial charge in [-0.2, -0.15) is 0 Å². The number of nitrogens with two attached hydrogens (primary N) is 1. The first kappa shape index (κ1) is 16.5. The minimum Gasteiger partial charge on any atom is -0.393 e. The van der Waals surface area contributed by atoms with Crippen molar-refractivity contribution >= 4 is 23.0 Å². The molecule has 0 spiro atoms. The molecule has 0 radical (unpaired) electrons. The average molecular weight is 327 g/mol. The van der Waals surface area contributed by atoms with Gasteiger partial charge in [0.05, 0.1) is 0 Å². The molecule has 0 bridgehead atoms. The predicted molar refractivity (Wildman–Crippen MR) is 98.3 cm³/mol. The van der Waals surface area contributed by atoms with Crippen LogP contribution in [0.2, 0.25) is 0 Å². The van der Waals surface area contributed by atoms with E-state index >= 15 is 0 Å². The fourth-order valence-corrected chi connectivity index (χ4v) is 2.84. The standard InChI is InChI=1S/C17H25N7/c1-12-8-13(2)10-14(9-12)21-16-15(18)17(20-11-19-16)22-24-6-4-23(3)5-7-24/h8-11H,4-7,18H2,1-3H3,(H2,19,20,21,22). The number of aromatic nitrogens is 2. The summed E-state index contributed by atoms with van der Waals surface area (Å²) in [6.45, 7) is 8.04. The quantitative estimate of drug-likeness (QED) is 0.792. The van der Waals surface area contributed by atoms with Crippen molar-refractivity contribution in [3.63, 3.8) is 0 Å². The maximum atomic E-state index is 6.26. The molecule has 1 aromatic carbocycles. The minimum absolute atomic E-state index is 0.524. The molecule has 2 heterocycles. The van der Waals surface area contributed by atoms with Crippen LogP contribution >= 0.6 is 0 Å². The van der Waals surface area contributed by atoms with Gasteiger partial charge in [-0.15, -0.1) is 0 Å². The lowest BCUT2D eigenvalue weighted by Gasteiger charge is -2.32. The molecular weight excluding hydrogens is 302 g/mol. The molecule has 24 heavy (non-hydrogen) atoms. The summed E-state index contributed by atoms with van der Waals surface area (Å²) in [4.78, 5) is 10.9. The zero-order chi connectivity index (χ0) is 17.1. The first-order valence-electron chi connectivity index (χ1n) is 8.17. The van der Waals surface area contributed by atoms with E-state index in [4.69, 9.17) is 5.73 Å². The Bertz CT molecular complexity index is 688. The van der Waals surface area contributed by atoms with E-state index in [1.54, 1.807) is 0 Å². The lowest BCUT2D eigenvalue weighted by Crippen LogP contribution is -2.47. The van der Waals surface area contributed by atoms with Gasteiger partial charge in [0.25, 0.3) is 0 Å². The molecule has 128 valence electrons. The monoisotopic (exact) mass is 327 g/mol. The number of hydrazine groups is 1. The van der Waals surface area contributed by atoms with Crippen LogP contribution in [-0.2, 0) is 0 Å². The molecule has 1 fully saturated rings. The fraction of sp³-hybridized carbons (Fsp3) is 0.412. The molecule has 4 N–H and O–H groups in total. The topological polar surface area (TPSA) is 82.3 Å². The van der Waals surface area contributed by atoms with Gasteiger partial charge in [-0.3, -0.25) is 0 Å². The third-order valence-electron chi connectivity index (χ3n) is 4.14. The molecule has 0 saturated carbocycles. The van der Waals surface area contributed by atoms with Crippen molar-refractivity contribution in [1.82, 2.24) is 19.9 Å². The summed E-state index contributed by atoms with van der Waals surface area (Å²) >= 11 is 0. The van der Waals surface area contributed by atoms with Gasteiger partial charge >= 0.3 is 0 Å². The third-order valence-corrected chi connectivity index (χ3v) is 4.14. The molecule has 7 heteroatoms. The summed E-state index contributed by atoms with van der Waals surface area (Å²) in [5.74, 6) is 1.26. The molecule has 2 aromatic rings. The highest BCUT2D eigenvalue weighted by molar-refractivity contribution is 5.77. The van der Waals surface area contributed by atoms with E-state index in [0.29, 0.717) is 17.3 Å². The number of nitrogen functional groups attached to an aromatic ring is 1. The predicted octanol–water partition coefficient (Wildman–Crippen LogP) is 1.99. The first-order valence-corrected chi connectivity index (χ1v) is 8.17. The number of anilines is 4. The van der Waals surface area contributed by atoms with Crippen LogP contribution in [0.1, 0.15) is 11.1 Å². The second kappa shape index (κ2) is 7.02. The van der Waals surface area contributed by atoms with Crippen molar-refractivity contribution in [3.8, 4) is 0 Å². The van der Waals surface area contributed by atoms with E-state index in [-0.39, 0.29) is 0 Å². The fourth-order valence-electron chi connectivity index (χ4n) is 2.84. The van der Waals surface area contributed by atoms with Gasteiger partial charge in [0, 0.05) is 31.9 Å². The number of aryl methyl sites for hydroxylation is 2. The van der Waals surface area contributed by atoms with Crippen LogP contribution in [0, 0.1) is 13.8 Å². The van der Waals surface area contributed by atoms with Crippen LogP contribution in [0.25, 0.3) is 0 Å². The molecule has 1 aromatic heterocycles. The van der Waals surface area contributed by atoms with Gasteiger partial charge in [0.2, 0.25) is 0 Å². The summed E-state index contributed by atoms with van der Waals surface area (Å²) in [7, 11) is 2.13. The van der Waals surface area contributed by atoms with E-state index < -0.39 is 0 Å². The van der Waals surface area contributed by atoms with E-state index in [2.05, 4.69) is 69.7 Å². The number of hydrogen-bond donors (Lipinski definition) is 3. The van der Waals surface area contributed by atoms with Gasteiger partial charge < -0.3 is 21.4 Å². The maximum absolute atomic E-state index is 6.26. The number of rotatable bonds is 4. The lowest BCUT2D eigenvalue weighted by atomic mass is 10.1. The van der Waals surface area contributed by atoms with Crippen LogP contribution in [0.5, 0.6) is 0 Å². The highest BCUT2D eigenvalue weighted by Gasteiger charge is 2.16. The lowest BCUT2D eigenvalue weighted by molar-refractivity contribution is 0.178. The van der Waals surface area contributed by atoms with E-state index in [1.165, 1.54) is 17.5 Å². The van der Waals surface area contributed by atoms with E-state index in [9.17, 15) is 0 Å². The largest absolute Gasteiger partial charge is 0.393 e. The van der Waals surface area contributed by atoms with Crippen molar-refractivity contribution in [2.75, 3.05) is 49.7 Å². The molecule has 7 nitrogen and oxygen atoms in total. The molecule has 3 rings (SSSR count). The van der Waals surface area contributed by atoms with Crippen molar-refractivity contribution in [1.29, 1.82) is 0 Å². The molecular formula is C17H25N7. The molecule has 0 atom stereocenters. The second-order valence-electron chi connectivity index (χ2n) is 6.39. The zero-order valence-corrected chi connectivity index (χ0v) is 14.5. The molecule has 0 unspecified atom stereocenters. The molecule has 0 amide bonds. The van der Waals surface area contributed by atoms with Crippen LogP contribution in [0.15, 0.2) is 24.5 Å². The van der Waals surface area contributed by atoms with Gasteiger partial charge in [-0.25, -0.2) is 15.0 Å². The Morgan fingerprint density at radius 2 is 1.58 bits per heavy atom. The molecule has 1 saturated heterocycles. The van der Waals surface area contributed by atoms with Crippen LogP contribution in [0.3, 0.4) is 0 Å². The number of hydrogen-bond acceptors (Lipinski definition) is 7. The van der Waals surface area contributed by atoms with E-state index in [0.717, 1.165) is 31.9 Å². The smallest absolute Gasteiger partial charge is 0.169 e. The Labute approximate surface area is 142 Å². The average Bonchev–Trinajstić information content (AvgIpc) is 2.52. The normalized spacial score (nSPS) is 16.1. The van der Waals surface area contributed by atoms with E-state index in [1.807, 2.05) is 0 Å². The summed E-state index contributed by atoms with van der Waals surface area (Å²) in [6.07, 6.45) is 1.53. The maximum Gasteiger partial charge on any atom is 0.169 e. The number of likely N-dealkylation sites (N-methyl/N-ethyl adjacent to an activating group) is 1.